The molecule has 0 spiro atoms. The second kappa shape index (κ2) is 6.09. The molecule has 0 radical (unpaired) electrons. The number of nitrogens with zero attached hydrogens (tertiary/aromatic N) is 1. The molecule has 0 N–H and O–H groups in total. The van der Waals surface area contributed by atoms with Crippen LogP contribution < -0.4 is 4.74 Å². The third kappa shape index (κ3) is 3.80. The fourth-order valence-corrected chi connectivity index (χ4v) is 1.46. The van der Waals surface area contributed by atoms with Crippen LogP contribution in [0.5, 0.6) is 5.75 Å². The maximum atomic E-state index is 13.5. The van der Waals surface area contributed by atoms with Crippen LogP contribution in [-0.2, 0) is 4.79 Å². The van der Waals surface area contributed by atoms with E-state index in [-0.39, 0.29) is 23.8 Å². The number of carbonyl (C=O) groups excluding carboxylic acids is 1. The minimum atomic E-state index is -0.768. The van der Waals surface area contributed by atoms with Crippen LogP contribution in [0.1, 0.15) is 25.3 Å². The van der Waals surface area contributed by atoms with Crippen LogP contribution in [-0.4, -0.2) is 17.3 Å². The second-order valence-electron chi connectivity index (χ2n) is 3.98. The summed E-state index contributed by atoms with van der Waals surface area (Å²) in [5, 5.41) is 10.6. The summed E-state index contributed by atoms with van der Waals surface area (Å²) in [4.78, 5) is 20.6. The number of hydrogen-bond acceptors (Lipinski definition) is 4. The summed E-state index contributed by atoms with van der Waals surface area (Å²) < 4.78 is 18.6. The van der Waals surface area contributed by atoms with Gasteiger partial charge in [-0.05, 0) is 26.3 Å². The maximum Gasteiger partial charge on any atom is 0.275 e. The molecule has 98 valence electrons. The molecule has 0 aliphatic carbocycles. The van der Waals surface area contributed by atoms with Crippen LogP contribution in [0.15, 0.2) is 12.1 Å². The van der Waals surface area contributed by atoms with Gasteiger partial charge in [0.15, 0.2) is 11.6 Å². The topological polar surface area (TPSA) is 69.4 Å². The molecule has 0 aliphatic heterocycles. The van der Waals surface area contributed by atoms with Gasteiger partial charge in [-0.15, -0.1) is 0 Å². The molecule has 0 amide bonds. The van der Waals surface area contributed by atoms with Crippen LogP contribution in [0, 0.1) is 22.9 Å². The van der Waals surface area contributed by atoms with E-state index < -0.39 is 10.7 Å². The average Bonchev–Trinajstić information content (AvgIpc) is 2.27. The summed E-state index contributed by atoms with van der Waals surface area (Å²) in [5.74, 6) is -0.754. The Morgan fingerprint density at radius 1 is 1.50 bits per heavy atom. The number of ketones is 1. The molecule has 0 saturated heterocycles. The molecule has 18 heavy (non-hydrogen) atoms. The SMILES string of the molecule is CC(=O)CCCOc1cc(C)c([N+](=O)[O-])cc1F. The number of nitro benzene ring substituents is 1. The van der Waals surface area contributed by atoms with Crippen molar-refractivity contribution in [2.24, 2.45) is 0 Å². The van der Waals surface area contributed by atoms with Crippen LogP contribution >= 0.6 is 0 Å². The summed E-state index contributed by atoms with van der Waals surface area (Å²) in [6, 6.07) is 2.14. The molecule has 0 aromatic heterocycles. The molecule has 0 unspecified atom stereocenters. The van der Waals surface area contributed by atoms with E-state index in [0.717, 1.165) is 6.07 Å². The van der Waals surface area contributed by atoms with Crippen molar-refractivity contribution in [2.45, 2.75) is 26.7 Å². The van der Waals surface area contributed by atoms with Gasteiger partial charge in [0.25, 0.3) is 5.69 Å². The summed E-state index contributed by atoms with van der Waals surface area (Å²) in [5.41, 5.74) is 0.0616. The third-order valence-corrected chi connectivity index (χ3v) is 2.38. The lowest BCUT2D eigenvalue weighted by Gasteiger charge is -2.07. The van der Waals surface area contributed by atoms with Gasteiger partial charge in [-0.3, -0.25) is 10.1 Å². The fraction of sp³-hybridized carbons (Fsp3) is 0.417. The van der Waals surface area contributed by atoms with Crippen LogP contribution in [0.25, 0.3) is 0 Å². The van der Waals surface area contributed by atoms with Gasteiger partial charge >= 0.3 is 0 Å². The molecule has 1 aromatic rings. The quantitative estimate of drug-likeness (QED) is 0.445. The van der Waals surface area contributed by atoms with Gasteiger partial charge in [-0.1, -0.05) is 0 Å². The van der Waals surface area contributed by atoms with E-state index in [9.17, 15) is 19.3 Å². The van der Waals surface area contributed by atoms with E-state index in [1.807, 2.05) is 0 Å². The summed E-state index contributed by atoms with van der Waals surface area (Å²) in [7, 11) is 0. The van der Waals surface area contributed by atoms with Gasteiger partial charge in [0, 0.05) is 12.0 Å². The van der Waals surface area contributed by atoms with Crippen LogP contribution in [0.2, 0.25) is 0 Å². The molecular formula is C12H14FNO4. The van der Waals surface area contributed by atoms with Crippen LogP contribution in [0.3, 0.4) is 0 Å². The molecular weight excluding hydrogens is 241 g/mol. The summed E-state index contributed by atoms with van der Waals surface area (Å²) in [6.45, 7) is 3.18. The highest BCUT2D eigenvalue weighted by molar-refractivity contribution is 5.75. The van der Waals surface area contributed by atoms with Gasteiger partial charge in [-0.25, -0.2) is 4.39 Å². The number of ether oxygens (including phenoxy) is 1. The maximum absolute atomic E-state index is 13.5. The smallest absolute Gasteiger partial charge is 0.275 e. The molecule has 0 aliphatic rings. The largest absolute Gasteiger partial charge is 0.490 e. The zero-order valence-electron chi connectivity index (χ0n) is 10.2. The Morgan fingerprint density at radius 3 is 2.72 bits per heavy atom. The predicted octanol–water partition coefficient (Wildman–Crippen LogP) is 2.79. The van der Waals surface area contributed by atoms with Crippen molar-refractivity contribution in [1.29, 1.82) is 0 Å². The van der Waals surface area contributed by atoms with Crippen molar-refractivity contribution in [3.8, 4) is 5.75 Å². The summed E-state index contributed by atoms with van der Waals surface area (Å²) in [6.07, 6.45) is 0.860. The highest BCUT2D eigenvalue weighted by Gasteiger charge is 2.16. The first-order chi connectivity index (χ1) is 8.41. The number of benzene rings is 1. The lowest BCUT2D eigenvalue weighted by atomic mass is 10.2. The standard InChI is InChI=1S/C12H14FNO4/c1-8-6-12(18-5-3-4-9(2)15)10(13)7-11(8)14(16)17/h6-7H,3-5H2,1-2H3. The van der Waals surface area contributed by atoms with Gasteiger partial charge in [0.1, 0.15) is 5.78 Å². The van der Waals surface area contributed by atoms with E-state index in [0.29, 0.717) is 18.4 Å². The molecule has 0 heterocycles. The third-order valence-electron chi connectivity index (χ3n) is 2.38. The molecule has 1 rings (SSSR count). The molecule has 6 heteroatoms. The van der Waals surface area contributed by atoms with Gasteiger partial charge in [0.05, 0.1) is 17.6 Å². The second-order valence-corrected chi connectivity index (χ2v) is 3.98. The van der Waals surface area contributed by atoms with E-state index in [1.165, 1.54) is 19.9 Å². The molecule has 1 aromatic carbocycles. The zero-order chi connectivity index (χ0) is 13.7. The number of hydrogen-bond donors (Lipinski definition) is 0. The fourth-order valence-electron chi connectivity index (χ4n) is 1.46. The highest BCUT2D eigenvalue weighted by Crippen LogP contribution is 2.27. The van der Waals surface area contributed by atoms with Crippen molar-refractivity contribution in [3.63, 3.8) is 0 Å². The monoisotopic (exact) mass is 255 g/mol. The van der Waals surface area contributed by atoms with Gasteiger partial charge in [-0.2, -0.15) is 0 Å². The Labute approximate surface area is 104 Å². The summed E-state index contributed by atoms with van der Waals surface area (Å²) >= 11 is 0. The Balaban J connectivity index is 2.70. The molecule has 0 atom stereocenters. The average molecular weight is 255 g/mol. The normalized spacial score (nSPS) is 10.2. The highest BCUT2D eigenvalue weighted by atomic mass is 19.1. The predicted molar refractivity (Wildman–Crippen MR) is 63.2 cm³/mol. The van der Waals surface area contributed by atoms with E-state index in [4.69, 9.17) is 4.74 Å². The van der Waals surface area contributed by atoms with E-state index >= 15 is 0 Å². The van der Waals surface area contributed by atoms with Gasteiger partial charge in [0.2, 0.25) is 0 Å². The first kappa shape index (κ1) is 14.1. The Hall–Kier alpha value is -1.98. The minimum absolute atomic E-state index is 0.0262. The number of Topliss-reactive ketones (excluding diaryl/α,β-unsaturated/α-hetero) is 1. The number of nitro groups is 1. The number of aryl methyl sites for hydroxylation is 1. The number of rotatable bonds is 6. The zero-order valence-corrected chi connectivity index (χ0v) is 10.2. The van der Waals surface area contributed by atoms with E-state index in [1.54, 1.807) is 0 Å². The Kier molecular flexibility index (Phi) is 4.76. The van der Waals surface area contributed by atoms with Gasteiger partial charge < -0.3 is 9.53 Å². The van der Waals surface area contributed by atoms with Crippen molar-refractivity contribution >= 4 is 11.5 Å². The lowest BCUT2D eigenvalue weighted by molar-refractivity contribution is -0.385. The van der Waals surface area contributed by atoms with Crippen molar-refractivity contribution in [2.75, 3.05) is 6.61 Å². The molecule has 0 saturated carbocycles. The van der Waals surface area contributed by atoms with Crippen molar-refractivity contribution < 1.29 is 18.8 Å². The first-order valence-corrected chi connectivity index (χ1v) is 5.48. The number of carbonyl (C=O) groups is 1. The molecule has 5 nitrogen and oxygen atoms in total. The lowest BCUT2D eigenvalue weighted by Crippen LogP contribution is -2.03. The number of halogens is 1. The Morgan fingerprint density at radius 2 is 2.17 bits per heavy atom. The molecule has 0 bridgehead atoms. The first-order valence-electron chi connectivity index (χ1n) is 5.48. The van der Waals surface area contributed by atoms with Crippen molar-refractivity contribution in [1.82, 2.24) is 0 Å². The van der Waals surface area contributed by atoms with Crippen LogP contribution in [0.4, 0.5) is 10.1 Å². The van der Waals surface area contributed by atoms with E-state index in [2.05, 4.69) is 0 Å². The Bertz CT molecular complexity index is 473. The molecule has 0 fully saturated rings. The minimum Gasteiger partial charge on any atom is -0.490 e. The van der Waals surface area contributed by atoms with Crippen molar-refractivity contribution in [3.05, 3.63) is 33.6 Å².